The highest BCUT2D eigenvalue weighted by molar-refractivity contribution is 5.99. The van der Waals surface area contributed by atoms with Gasteiger partial charge >= 0.3 is 0 Å². The number of aliphatic imine (C=N–C) groups is 1. The molecule has 1 aromatic rings. The molecule has 17 heavy (non-hydrogen) atoms. The summed E-state index contributed by atoms with van der Waals surface area (Å²) < 4.78 is 5.03. The quantitative estimate of drug-likeness (QED) is 0.771. The molecule has 0 aromatic heterocycles. The molecule has 0 bridgehead atoms. The van der Waals surface area contributed by atoms with E-state index in [9.17, 15) is 5.11 Å². The number of phenols is 1. The summed E-state index contributed by atoms with van der Waals surface area (Å²) in [5, 5.41) is 13.0. The van der Waals surface area contributed by atoms with E-state index < -0.39 is 0 Å². The minimum Gasteiger partial charge on any atom is -0.506 e. The van der Waals surface area contributed by atoms with E-state index in [1.165, 1.54) is 0 Å². The Morgan fingerprint density at radius 3 is 2.94 bits per heavy atom. The molecular weight excluding hydrogens is 216 g/mol. The predicted molar refractivity (Wildman–Crippen MR) is 68.6 cm³/mol. The van der Waals surface area contributed by atoms with Crippen LogP contribution in [0.5, 0.6) is 11.5 Å². The van der Waals surface area contributed by atoms with Crippen molar-refractivity contribution in [3.8, 4) is 11.5 Å². The van der Waals surface area contributed by atoms with Crippen LogP contribution in [0.25, 0.3) is 0 Å². The standard InChI is InChI=1S/C13H16N2O2/c1-9-4-3-7-14-13(9)15-11-6-5-10(17-2)8-12(11)16/h3,5-9,16H,4H2,1-2H3,(H,14,15). The van der Waals surface area contributed by atoms with Gasteiger partial charge in [0.05, 0.1) is 12.8 Å². The van der Waals surface area contributed by atoms with Gasteiger partial charge in [-0.3, -0.25) is 0 Å². The van der Waals surface area contributed by atoms with Crippen LogP contribution in [-0.2, 0) is 0 Å². The van der Waals surface area contributed by atoms with Crippen LogP contribution < -0.4 is 10.1 Å². The van der Waals surface area contributed by atoms with Gasteiger partial charge in [0.2, 0.25) is 0 Å². The molecule has 2 N–H and O–H groups in total. The molecule has 1 aromatic carbocycles. The number of hydrogen-bond donors (Lipinski definition) is 2. The van der Waals surface area contributed by atoms with Crippen LogP contribution in [0.2, 0.25) is 0 Å². The van der Waals surface area contributed by atoms with Gasteiger partial charge in [-0.2, -0.15) is 0 Å². The molecule has 0 saturated carbocycles. The lowest BCUT2D eigenvalue weighted by Crippen LogP contribution is -2.21. The molecule has 1 aliphatic rings. The van der Waals surface area contributed by atoms with Gasteiger partial charge in [-0.05, 0) is 18.6 Å². The van der Waals surface area contributed by atoms with E-state index in [0.717, 1.165) is 12.3 Å². The molecule has 1 atom stereocenters. The maximum absolute atomic E-state index is 9.82. The van der Waals surface area contributed by atoms with Crippen LogP contribution >= 0.6 is 0 Å². The molecular formula is C13H16N2O2. The van der Waals surface area contributed by atoms with E-state index in [2.05, 4.69) is 17.2 Å². The van der Waals surface area contributed by atoms with Crippen LogP contribution in [0.3, 0.4) is 0 Å². The highest BCUT2D eigenvalue weighted by atomic mass is 16.5. The number of benzene rings is 1. The van der Waals surface area contributed by atoms with Crippen molar-refractivity contribution in [3.63, 3.8) is 0 Å². The van der Waals surface area contributed by atoms with E-state index >= 15 is 0 Å². The first-order valence-corrected chi connectivity index (χ1v) is 5.57. The first kappa shape index (κ1) is 11.5. The lowest BCUT2D eigenvalue weighted by atomic mass is 10.0. The molecule has 0 spiro atoms. The summed E-state index contributed by atoms with van der Waals surface area (Å²) in [5.74, 6) is 2.00. The lowest BCUT2D eigenvalue weighted by molar-refractivity contribution is 0.408. The Labute approximate surface area is 101 Å². The second-order valence-corrected chi connectivity index (χ2v) is 4.04. The summed E-state index contributed by atoms with van der Waals surface area (Å²) in [5.41, 5.74) is 0.645. The van der Waals surface area contributed by atoms with Crippen molar-refractivity contribution < 1.29 is 9.84 Å². The van der Waals surface area contributed by atoms with Gasteiger partial charge in [-0.15, -0.1) is 0 Å². The number of amidine groups is 1. The van der Waals surface area contributed by atoms with Crippen LogP contribution in [0, 0.1) is 5.92 Å². The maximum Gasteiger partial charge on any atom is 0.142 e. The average molecular weight is 232 g/mol. The Hall–Kier alpha value is -1.97. The van der Waals surface area contributed by atoms with Crippen molar-refractivity contribution >= 4 is 11.5 Å². The fraction of sp³-hybridized carbons (Fsp3) is 0.308. The topological polar surface area (TPSA) is 53.8 Å². The van der Waals surface area contributed by atoms with Gasteiger partial charge in [0.25, 0.3) is 0 Å². The maximum atomic E-state index is 9.82. The molecule has 1 aliphatic heterocycles. The monoisotopic (exact) mass is 232 g/mol. The number of anilines is 1. The number of allylic oxidation sites excluding steroid dienone is 1. The fourth-order valence-corrected chi connectivity index (χ4v) is 1.67. The van der Waals surface area contributed by atoms with Gasteiger partial charge in [0, 0.05) is 18.2 Å². The first-order valence-electron chi connectivity index (χ1n) is 5.57. The van der Waals surface area contributed by atoms with Crippen molar-refractivity contribution in [1.29, 1.82) is 0 Å². The zero-order valence-corrected chi connectivity index (χ0v) is 9.97. The minimum atomic E-state index is 0.161. The van der Waals surface area contributed by atoms with Crippen molar-refractivity contribution in [2.75, 3.05) is 12.4 Å². The van der Waals surface area contributed by atoms with Gasteiger partial charge in [0.15, 0.2) is 0 Å². The van der Waals surface area contributed by atoms with E-state index in [1.807, 2.05) is 6.08 Å². The predicted octanol–water partition coefficient (Wildman–Crippen LogP) is 2.76. The molecule has 0 radical (unpaired) electrons. The number of hydrogen-bond acceptors (Lipinski definition) is 4. The summed E-state index contributed by atoms with van der Waals surface area (Å²) in [4.78, 5) is 4.27. The lowest BCUT2D eigenvalue weighted by Gasteiger charge is -2.18. The number of methoxy groups -OCH3 is 1. The van der Waals surface area contributed by atoms with E-state index in [-0.39, 0.29) is 5.75 Å². The van der Waals surface area contributed by atoms with Crippen LogP contribution in [-0.4, -0.2) is 18.1 Å². The van der Waals surface area contributed by atoms with Crippen molar-refractivity contribution in [1.82, 2.24) is 0 Å². The van der Waals surface area contributed by atoms with Crippen LogP contribution in [0.1, 0.15) is 13.3 Å². The molecule has 90 valence electrons. The highest BCUT2D eigenvalue weighted by Gasteiger charge is 2.13. The molecule has 4 nitrogen and oxygen atoms in total. The van der Waals surface area contributed by atoms with Crippen molar-refractivity contribution in [2.24, 2.45) is 10.9 Å². The smallest absolute Gasteiger partial charge is 0.142 e. The zero-order chi connectivity index (χ0) is 12.3. The minimum absolute atomic E-state index is 0.161. The summed E-state index contributed by atoms with van der Waals surface area (Å²) in [6.45, 7) is 2.09. The molecule has 0 saturated heterocycles. The Morgan fingerprint density at radius 2 is 2.29 bits per heavy atom. The van der Waals surface area contributed by atoms with Crippen molar-refractivity contribution in [2.45, 2.75) is 13.3 Å². The summed E-state index contributed by atoms with van der Waals surface area (Å²) >= 11 is 0. The zero-order valence-electron chi connectivity index (χ0n) is 9.97. The fourth-order valence-electron chi connectivity index (χ4n) is 1.67. The van der Waals surface area contributed by atoms with Gasteiger partial charge in [-0.1, -0.05) is 13.0 Å². The van der Waals surface area contributed by atoms with E-state index in [4.69, 9.17) is 4.74 Å². The Kier molecular flexibility index (Phi) is 3.32. The molecule has 0 amide bonds. The molecule has 1 unspecified atom stereocenters. The number of phenolic OH excluding ortho intramolecular Hbond substituents is 1. The molecule has 0 fully saturated rings. The number of nitrogens with zero attached hydrogens (tertiary/aromatic N) is 1. The van der Waals surface area contributed by atoms with Crippen LogP contribution in [0.4, 0.5) is 5.69 Å². The molecule has 0 aliphatic carbocycles. The Balaban J connectivity index is 2.18. The second-order valence-electron chi connectivity index (χ2n) is 4.04. The van der Waals surface area contributed by atoms with Crippen molar-refractivity contribution in [3.05, 3.63) is 30.5 Å². The van der Waals surface area contributed by atoms with Gasteiger partial charge in [0.1, 0.15) is 17.3 Å². The summed E-state index contributed by atoms with van der Waals surface area (Å²) in [6.07, 6.45) is 4.77. The number of nitrogens with one attached hydrogen (secondary N) is 1. The third-order valence-corrected chi connectivity index (χ3v) is 2.74. The molecule has 4 heteroatoms. The van der Waals surface area contributed by atoms with Gasteiger partial charge < -0.3 is 15.2 Å². The first-order chi connectivity index (χ1) is 8.20. The van der Waals surface area contributed by atoms with E-state index in [0.29, 0.717) is 17.4 Å². The average Bonchev–Trinajstić information content (AvgIpc) is 2.34. The Morgan fingerprint density at radius 1 is 1.47 bits per heavy atom. The van der Waals surface area contributed by atoms with Gasteiger partial charge in [-0.25, -0.2) is 4.99 Å². The molecule has 1 heterocycles. The second kappa shape index (κ2) is 4.91. The SMILES string of the molecule is COc1ccc(NC2=NC=CCC2C)c(O)c1. The number of rotatable bonds is 2. The Bertz CT molecular complexity index is 466. The highest BCUT2D eigenvalue weighted by Crippen LogP contribution is 2.28. The summed E-state index contributed by atoms with van der Waals surface area (Å²) in [7, 11) is 1.57. The third-order valence-electron chi connectivity index (χ3n) is 2.74. The molecule has 2 rings (SSSR count). The number of ether oxygens (including phenoxy) is 1. The normalized spacial score (nSPS) is 18.7. The van der Waals surface area contributed by atoms with E-state index in [1.54, 1.807) is 31.5 Å². The largest absolute Gasteiger partial charge is 0.506 e. The summed E-state index contributed by atoms with van der Waals surface area (Å²) in [6, 6.07) is 5.15. The third kappa shape index (κ3) is 2.58. The van der Waals surface area contributed by atoms with Crippen LogP contribution in [0.15, 0.2) is 35.5 Å². The number of aromatic hydroxyl groups is 1.